The quantitative estimate of drug-likeness (QED) is 0.556. The average molecular weight is 116 g/mol. The molecule has 1 nitrogen and oxygen atoms in total. The van der Waals surface area contributed by atoms with E-state index in [2.05, 4.69) is 6.92 Å². The lowest BCUT2D eigenvalue weighted by molar-refractivity contribution is 0.180. The van der Waals surface area contributed by atoms with Crippen LogP contribution in [0.1, 0.15) is 39.5 Å². The highest BCUT2D eigenvalue weighted by Gasteiger charge is 1.92. The Morgan fingerprint density at radius 1 is 1.38 bits per heavy atom. The Morgan fingerprint density at radius 2 is 2.00 bits per heavy atom. The van der Waals surface area contributed by atoms with Crippen molar-refractivity contribution in [2.45, 2.75) is 45.6 Å². The molecule has 0 aliphatic carbocycles. The Labute approximate surface area is 51.7 Å². The minimum Gasteiger partial charge on any atom is -0.393 e. The van der Waals surface area contributed by atoms with Crippen LogP contribution < -0.4 is 0 Å². The summed E-state index contributed by atoms with van der Waals surface area (Å²) in [6.07, 6.45) is 4.54. The van der Waals surface area contributed by atoms with Gasteiger partial charge in [-0.15, -0.1) is 0 Å². The van der Waals surface area contributed by atoms with Gasteiger partial charge in [-0.2, -0.15) is 0 Å². The fourth-order valence-corrected chi connectivity index (χ4v) is 0.690. The zero-order valence-corrected chi connectivity index (χ0v) is 5.85. The van der Waals surface area contributed by atoms with Crippen molar-refractivity contribution in [2.24, 2.45) is 0 Å². The monoisotopic (exact) mass is 116 g/mol. The van der Waals surface area contributed by atoms with Crippen LogP contribution in [0.15, 0.2) is 0 Å². The lowest BCUT2D eigenvalue weighted by Crippen LogP contribution is -1.97. The molecule has 8 heavy (non-hydrogen) atoms. The van der Waals surface area contributed by atoms with Crippen molar-refractivity contribution in [3.63, 3.8) is 0 Å². The summed E-state index contributed by atoms with van der Waals surface area (Å²) in [6, 6.07) is 0. The molecule has 50 valence electrons. The van der Waals surface area contributed by atoms with Crippen LogP contribution in [0.2, 0.25) is 0 Å². The summed E-state index contributed by atoms with van der Waals surface area (Å²) in [5.41, 5.74) is 0. The third-order valence-corrected chi connectivity index (χ3v) is 1.23. The highest BCUT2D eigenvalue weighted by atomic mass is 16.3. The van der Waals surface area contributed by atoms with E-state index in [9.17, 15) is 0 Å². The molecule has 0 aromatic heterocycles. The first kappa shape index (κ1) is 7.96. The maximum Gasteiger partial charge on any atom is 0.0512 e. The molecule has 0 heterocycles. The molecule has 0 unspecified atom stereocenters. The Bertz CT molecular complexity index is 41.7. The van der Waals surface area contributed by atoms with Crippen LogP contribution >= 0.6 is 0 Å². The minimum atomic E-state index is -0.0958. The van der Waals surface area contributed by atoms with Gasteiger partial charge in [-0.1, -0.05) is 26.2 Å². The summed E-state index contributed by atoms with van der Waals surface area (Å²) in [4.78, 5) is 0. The third-order valence-electron chi connectivity index (χ3n) is 1.23. The number of unbranched alkanes of at least 4 members (excludes halogenated alkanes) is 2. The van der Waals surface area contributed by atoms with Crippen molar-refractivity contribution in [3.05, 3.63) is 0 Å². The number of hydrogen-bond donors (Lipinski definition) is 1. The molecule has 0 aromatic rings. The fraction of sp³-hybridized carbons (Fsp3) is 1.00. The average Bonchev–Trinajstić information content (AvgIpc) is 1.66. The van der Waals surface area contributed by atoms with E-state index in [-0.39, 0.29) is 6.10 Å². The fourth-order valence-electron chi connectivity index (χ4n) is 0.690. The third kappa shape index (κ3) is 5.96. The highest BCUT2D eigenvalue weighted by Crippen LogP contribution is 2.01. The van der Waals surface area contributed by atoms with Crippen molar-refractivity contribution < 1.29 is 5.11 Å². The Balaban J connectivity index is 2.72. The summed E-state index contributed by atoms with van der Waals surface area (Å²) < 4.78 is 0. The zero-order valence-electron chi connectivity index (χ0n) is 5.85. The summed E-state index contributed by atoms with van der Waals surface area (Å²) in [7, 11) is 0. The van der Waals surface area contributed by atoms with Gasteiger partial charge >= 0.3 is 0 Å². The van der Waals surface area contributed by atoms with Crippen molar-refractivity contribution in [1.82, 2.24) is 0 Å². The minimum absolute atomic E-state index is 0.0958. The Morgan fingerprint density at radius 3 is 2.38 bits per heavy atom. The molecule has 0 amide bonds. The van der Waals surface area contributed by atoms with Gasteiger partial charge in [0.25, 0.3) is 0 Å². The molecule has 0 radical (unpaired) electrons. The van der Waals surface area contributed by atoms with Crippen molar-refractivity contribution >= 4 is 0 Å². The number of aliphatic hydroxyl groups is 1. The van der Waals surface area contributed by atoms with Gasteiger partial charge in [-0.3, -0.25) is 0 Å². The van der Waals surface area contributed by atoms with Crippen molar-refractivity contribution in [1.29, 1.82) is 0 Å². The molecule has 0 bridgehead atoms. The van der Waals surface area contributed by atoms with Crippen molar-refractivity contribution in [3.8, 4) is 0 Å². The molecule has 0 saturated carbocycles. The zero-order chi connectivity index (χ0) is 6.41. The molecule has 0 fully saturated rings. The molecular formula is C7H16O. The molecule has 0 spiro atoms. The van der Waals surface area contributed by atoms with Gasteiger partial charge in [0.1, 0.15) is 0 Å². The van der Waals surface area contributed by atoms with E-state index < -0.39 is 0 Å². The standard InChI is InChI=1S/C7H16O/c1-3-4-5-6-7(2)8/h7-8H,3-6H2,1-2H3/t7-/m0/s1. The van der Waals surface area contributed by atoms with E-state index in [1.165, 1.54) is 19.3 Å². The normalized spacial score (nSPS) is 13.9. The maximum absolute atomic E-state index is 8.78. The van der Waals surface area contributed by atoms with Crippen LogP contribution in [0.4, 0.5) is 0 Å². The van der Waals surface area contributed by atoms with Gasteiger partial charge in [0, 0.05) is 0 Å². The van der Waals surface area contributed by atoms with Crippen LogP contribution in [-0.2, 0) is 0 Å². The second kappa shape index (κ2) is 5.10. The molecule has 1 heteroatoms. The SMILES string of the molecule is CCCCC[C@H](C)O. The van der Waals surface area contributed by atoms with Crippen LogP contribution in [-0.4, -0.2) is 11.2 Å². The Hall–Kier alpha value is -0.0400. The molecular weight excluding hydrogens is 100 g/mol. The van der Waals surface area contributed by atoms with E-state index >= 15 is 0 Å². The molecule has 1 N–H and O–H groups in total. The van der Waals surface area contributed by atoms with Crippen LogP contribution in [0, 0.1) is 0 Å². The predicted molar refractivity (Wildman–Crippen MR) is 35.8 cm³/mol. The van der Waals surface area contributed by atoms with Crippen LogP contribution in [0.25, 0.3) is 0 Å². The molecule has 0 aliphatic heterocycles. The predicted octanol–water partition coefficient (Wildman–Crippen LogP) is 1.95. The first-order valence-electron chi connectivity index (χ1n) is 3.45. The first-order chi connectivity index (χ1) is 3.77. The molecule has 0 rings (SSSR count). The van der Waals surface area contributed by atoms with E-state index in [4.69, 9.17) is 5.11 Å². The van der Waals surface area contributed by atoms with Gasteiger partial charge < -0.3 is 5.11 Å². The lowest BCUT2D eigenvalue weighted by Gasteiger charge is -2.00. The van der Waals surface area contributed by atoms with Crippen LogP contribution in [0.5, 0.6) is 0 Å². The van der Waals surface area contributed by atoms with Crippen LogP contribution in [0.3, 0.4) is 0 Å². The number of aliphatic hydroxyl groups excluding tert-OH is 1. The highest BCUT2D eigenvalue weighted by molar-refractivity contribution is 4.45. The van der Waals surface area contributed by atoms with Gasteiger partial charge in [-0.25, -0.2) is 0 Å². The smallest absolute Gasteiger partial charge is 0.0512 e. The summed E-state index contributed by atoms with van der Waals surface area (Å²) in [6.45, 7) is 4.01. The Kier molecular flexibility index (Phi) is 5.08. The van der Waals surface area contributed by atoms with Gasteiger partial charge in [-0.05, 0) is 13.3 Å². The van der Waals surface area contributed by atoms with Gasteiger partial charge in [0.15, 0.2) is 0 Å². The summed E-state index contributed by atoms with van der Waals surface area (Å²) in [5, 5.41) is 8.78. The van der Waals surface area contributed by atoms with E-state index in [0.717, 1.165) is 6.42 Å². The number of hydrogen-bond acceptors (Lipinski definition) is 1. The first-order valence-corrected chi connectivity index (χ1v) is 3.45. The topological polar surface area (TPSA) is 20.2 Å². The number of rotatable bonds is 4. The van der Waals surface area contributed by atoms with Crippen molar-refractivity contribution in [2.75, 3.05) is 0 Å². The summed E-state index contributed by atoms with van der Waals surface area (Å²) >= 11 is 0. The molecule has 0 saturated heterocycles. The largest absolute Gasteiger partial charge is 0.393 e. The van der Waals surface area contributed by atoms with E-state index in [1.807, 2.05) is 6.92 Å². The van der Waals surface area contributed by atoms with Gasteiger partial charge in [0.05, 0.1) is 6.10 Å². The second-order valence-corrected chi connectivity index (χ2v) is 2.34. The maximum atomic E-state index is 8.78. The second-order valence-electron chi connectivity index (χ2n) is 2.34. The van der Waals surface area contributed by atoms with E-state index in [1.54, 1.807) is 0 Å². The van der Waals surface area contributed by atoms with E-state index in [0.29, 0.717) is 0 Å². The molecule has 1 atom stereocenters. The molecule has 0 aliphatic rings. The lowest BCUT2D eigenvalue weighted by atomic mass is 10.1. The molecule has 0 aromatic carbocycles. The van der Waals surface area contributed by atoms with Gasteiger partial charge in [0.2, 0.25) is 0 Å². The summed E-state index contributed by atoms with van der Waals surface area (Å²) in [5.74, 6) is 0.